The average molecular weight is 342 g/mol. The van der Waals surface area contributed by atoms with Crippen molar-refractivity contribution in [3.63, 3.8) is 0 Å². The maximum absolute atomic E-state index is 12.6. The molecular weight excluding hydrogens is 318 g/mol. The summed E-state index contributed by atoms with van der Waals surface area (Å²) < 4.78 is 0. The second-order valence-corrected chi connectivity index (χ2v) is 7.11. The lowest BCUT2D eigenvalue weighted by Crippen LogP contribution is -2.40. The molecule has 0 aromatic heterocycles. The highest BCUT2D eigenvalue weighted by atomic mass is 35.5. The number of hydrogen-bond donors (Lipinski definition) is 0. The first-order valence-electron chi connectivity index (χ1n) is 8.77. The van der Waals surface area contributed by atoms with Crippen LogP contribution >= 0.6 is 11.6 Å². The summed E-state index contributed by atoms with van der Waals surface area (Å²) >= 11 is 5.91. The molecule has 1 atom stereocenters. The van der Waals surface area contributed by atoms with Gasteiger partial charge >= 0.3 is 0 Å². The van der Waals surface area contributed by atoms with Crippen LogP contribution in [0.3, 0.4) is 0 Å². The van der Waals surface area contributed by atoms with Crippen molar-refractivity contribution in [3.8, 4) is 0 Å². The van der Waals surface area contributed by atoms with Crippen LogP contribution in [0, 0.1) is 5.92 Å². The van der Waals surface area contributed by atoms with Gasteiger partial charge in [-0.3, -0.25) is 4.79 Å². The summed E-state index contributed by atoms with van der Waals surface area (Å²) in [6, 6.07) is 18.2. The minimum Gasteiger partial charge on any atom is -0.342 e. The highest BCUT2D eigenvalue weighted by molar-refractivity contribution is 6.30. The number of rotatable bonds is 5. The first kappa shape index (κ1) is 17.0. The van der Waals surface area contributed by atoms with Crippen molar-refractivity contribution in [2.45, 2.75) is 32.1 Å². The van der Waals surface area contributed by atoms with E-state index >= 15 is 0 Å². The topological polar surface area (TPSA) is 20.3 Å². The minimum atomic E-state index is 0.238. The number of aryl methyl sites for hydroxylation is 1. The fourth-order valence-corrected chi connectivity index (χ4v) is 3.56. The Labute approximate surface area is 149 Å². The van der Waals surface area contributed by atoms with Gasteiger partial charge in [0.25, 0.3) is 0 Å². The van der Waals surface area contributed by atoms with E-state index in [9.17, 15) is 4.79 Å². The summed E-state index contributed by atoms with van der Waals surface area (Å²) in [6.07, 6.45) is 5.09. The van der Waals surface area contributed by atoms with E-state index in [0.29, 0.717) is 17.4 Å². The standard InChI is InChI=1S/C21H24ClNO/c22-20-12-10-18(11-13-20)15-21(24)23-14-4-7-19(16-23)9-8-17-5-2-1-3-6-17/h1-3,5-6,10-13,19H,4,7-9,14-16H2. The quantitative estimate of drug-likeness (QED) is 0.768. The van der Waals surface area contributed by atoms with Gasteiger partial charge in [-0.25, -0.2) is 0 Å². The summed E-state index contributed by atoms with van der Waals surface area (Å²) in [4.78, 5) is 14.6. The lowest BCUT2D eigenvalue weighted by molar-refractivity contribution is -0.132. The second-order valence-electron chi connectivity index (χ2n) is 6.68. The van der Waals surface area contributed by atoms with Crippen molar-refractivity contribution in [2.75, 3.05) is 13.1 Å². The van der Waals surface area contributed by atoms with Crippen molar-refractivity contribution < 1.29 is 4.79 Å². The SMILES string of the molecule is O=C(Cc1ccc(Cl)cc1)N1CCCC(CCc2ccccc2)C1. The van der Waals surface area contributed by atoms with Gasteiger partial charge in [-0.15, -0.1) is 0 Å². The molecule has 0 spiro atoms. The number of hydrogen-bond acceptors (Lipinski definition) is 1. The molecule has 1 unspecified atom stereocenters. The molecule has 1 fully saturated rings. The molecule has 3 rings (SSSR count). The maximum atomic E-state index is 12.6. The lowest BCUT2D eigenvalue weighted by Gasteiger charge is -2.33. The van der Waals surface area contributed by atoms with Crippen LogP contribution in [0.5, 0.6) is 0 Å². The zero-order chi connectivity index (χ0) is 16.8. The molecule has 0 aliphatic carbocycles. The molecule has 1 saturated heterocycles. The van der Waals surface area contributed by atoms with Gasteiger partial charge in [0, 0.05) is 18.1 Å². The van der Waals surface area contributed by atoms with E-state index in [4.69, 9.17) is 11.6 Å². The molecule has 1 aliphatic rings. The predicted octanol–water partition coefficient (Wildman–Crippen LogP) is 4.75. The van der Waals surface area contributed by atoms with E-state index in [2.05, 4.69) is 30.3 Å². The highest BCUT2D eigenvalue weighted by Crippen LogP contribution is 2.22. The van der Waals surface area contributed by atoms with Crippen LogP contribution in [0.1, 0.15) is 30.4 Å². The van der Waals surface area contributed by atoms with E-state index in [1.807, 2.05) is 29.2 Å². The number of likely N-dealkylation sites (tertiary alicyclic amines) is 1. The predicted molar refractivity (Wildman–Crippen MR) is 99.2 cm³/mol. The number of amides is 1. The Morgan fingerprint density at radius 3 is 2.54 bits per heavy atom. The first-order chi connectivity index (χ1) is 11.7. The number of nitrogens with zero attached hydrogens (tertiary/aromatic N) is 1. The minimum absolute atomic E-state index is 0.238. The molecule has 24 heavy (non-hydrogen) atoms. The molecule has 1 aliphatic heterocycles. The molecule has 2 aromatic rings. The summed E-state index contributed by atoms with van der Waals surface area (Å²) in [5.41, 5.74) is 2.43. The van der Waals surface area contributed by atoms with Gasteiger partial charge in [0.05, 0.1) is 6.42 Å². The Bertz CT molecular complexity index is 653. The van der Waals surface area contributed by atoms with Gasteiger partial charge in [-0.05, 0) is 54.9 Å². The largest absolute Gasteiger partial charge is 0.342 e. The summed E-state index contributed by atoms with van der Waals surface area (Å²) in [6.45, 7) is 1.80. The van der Waals surface area contributed by atoms with Crippen molar-refractivity contribution >= 4 is 17.5 Å². The fourth-order valence-electron chi connectivity index (χ4n) is 3.43. The lowest BCUT2D eigenvalue weighted by atomic mass is 9.91. The van der Waals surface area contributed by atoms with Gasteiger partial charge in [0.1, 0.15) is 0 Å². The van der Waals surface area contributed by atoms with E-state index < -0.39 is 0 Å². The summed E-state index contributed by atoms with van der Waals surface area (Å²) in [5, 5.41) is 0.713. The first-order valence-corrected chi connectivity index (χ1v) is 9.14. The maximum Gasteiger partial charge on any atom is 0.226 e. The monoisotopic (exact) mass is 341 g/mol. The second kappa shape index (κ2) is 8.34. The van der Waals surface area contributed by atoms with E-state index in [1.54, 1.807) is 0 Å². The third-order valence-corrected chi connectivity index (χ3v) is 5.08. The van der Waals surface area contributed by atoms with Crippen LogP contribution in [-0.2, 0) is 17.6 Å². The Morgan fingerprint density at radius 2 is 1.79 bits per heavy atom. The molecule has 0 radical (unpaired) electrons. The Kier molecular flexibility index (Phi) is 5.92. The normalized spacial score (nSPS) is 17.7. The number of halogens is 1. The average Bonchev–Trinajstić information content (AvgIpc) is 2.63. The summed E-state index contributed by atoms with van der Waals surface area (Å²) in [7, 11) is 0. The summed E-state index contributed by atoms with van der Waals surface area (Å²) in [5.74, 6) is 0.856. The molecule has 2 aromatic carbocycles. The Balaban J connectivity index is 1.51. The fraction of sp³-hybridized carbons (Fsp3) is 0.381. The molecule has 2 nitrogen and oxygen atoms in total. The number of piperidine rings is 1. The van der Waals surface area contributed by atoms with Crippen LogP contribution in [0.4, 0.5) is 0 Å². The number of carbonyl (C=O) groups is 1. The molecule has 3 heteroatoms. The molecule has 0 saturated carbocycles. The van der Waals surface area contributed by atoms with Gasteiger partial charge < -0.3 is 4.90 Å². The van der Waals surface area contributed by atoms with Gasteiger partial charge in [-0.2, -0.15) is 0 Å². The van der Waals surface area contributed by atoms with E-state index in [-0.39, 0.29) is 5.91 Å². The van der Waals surface area contributed by atoms with E-state index in [0.717, 1.165) is 37.9 Å². The van der Waals surface area contributed by atoms with Gasteiger partial charge in [0.2, 0.25) is 5.91 Å². The van der Waals surface area contributed by atoms with Crippen molar-refractivity contribution in [1.29, 1.82) is 0 Å². The molecule has 1 amide bonds. The zero-order valence-electron chi connectivity index (χ0n) is 14.0. The van der Waals surface area contributed by atoms with Gasteiger partial charge in [-0.1, -0.05) is 54.1 Å². The molecule has 126 valence electrons. The van der Waals surface area contributed by atoms with Crippen LogP contribution < -0.4 is 0 Å². The smallest absolute Gasteiger partial charge is 0.226 e. The number of carbonyl (C=O) groups excluding carboxylic acids is 1. The Morgan fingerprint density at radius 1 is 1.04 bits per heavy atom. The molecule has 0 bridgehead atoms. The number of benzene rings is 2. The third-order valence-electron chi connectivity index (χ3n) is 4.82. The molecule has 1 heterocycles. The molecule has 0 N–H and O–H groups in total. The third kappa shape index (κ3) is 4.85. The highest BCUT2D eigenvalue weighted by Gasteiger charge is 2.23. The zero-order valence-corrected chi connectivity index (χ0v) is 14.7. The van der Waals surface area contributed by atoms with Crippen molar-refractivity contribution in [1.82, 2.24) is 4.90 Å². The Hall–Kier alpha value is -1.80. The van der Waals surface area contributed by atoms with Crippen LogP contribution in [0.25, 0.3) is 0 Å². The molecular formula is C21H24ClNO. The van der Waals surface area contributed by atoms with Gasteiger partial charge in [0.15, 0.2) is 0 Å². The van der Waals surface area contributed by atoms with Crippen molar-refractivity contribution in [3.05, 3.63) is 70.7 Å². The van der Waals surface area contributed by atoms with Crippen LogP contribution in [0.15, 0.2) is 54.6 Å². The van der Waals surface area contributed by atoms with Crippen LogP contribution in [-0.4, -0.2) is 23.9 Å². The van der Waals surface area contributed by atoms with Crippen LogP contribution in [0.2, 0.25) is 5.02 Å². The van der Waals surface area contributed by atoms with E-state index in [1.165, 1.54) is 12.0 Å². The van der Waals surface area contributed by atoms with Crippen molar-refractivity contribution in [2.24, 2.45) is 5.92 Å².